The number of thiocarbonyl (C=S) groups is 1. The molecule has 24 heavy (non-hydrogen) atoms. The van der Waals surface area contributed by atoms with Crippen LogP contribution < -0.4 is 20.3 Å². The predicted molar refractivity (Wildman–Crippen MR) is 99.4 cm³/mol. The number of benzene rings is 1. The highest BCUT2D eigenvalue weighted by Crippen LogP contribution is 2.29. The average molecular weight is 343 g/mol. The topological polar surface area (TPSA) is 62.3 Å². The molecule has 1 aliphatic heterocycles. The lowest BCUT2D eigenvalue weighted by Gasteiger charge is -2.19. The Morgan fingerprint density at radius 1 is 1.21 bits per heavy atom. The third kappa shape index (κ3) is 3.73. The molecule has 0 spiro atoms. The molecular formula is C17H21N5OS. The zero-order valence-corrected chi connectivity index (χ0v) is 14.9. The van der Waals surface area contributed by atoms with E-state index in [1.54, 1.807) is 7.11 Å². The number of anilines is 2. The minimum absolute atomic E-state index is 0.239. The van der Waals surface area contributed by atoms with Gasteiger partial charge in [0, 0.05) is 25.2 Å². The first kappa shape index (κ1) is 16.4. The number of fused-ring (bicyclic) bond motifs is 1. The van der Waals surface area contributed by atoms with E-state index in [0.717, 1.165) is 18.9 Å². The maximum atomic E-state index is 5.31. The number of aromatic nitrogens is 2. The molecule has 2 N–H and O–H groups in total. The van der Waals surface area contributed by atoms with E-state index in [0.29, 0.717) is 16.9 Å². The van der Waals surface area contributed by atoms with Gasteiger partial charge in [0.2, 0.25) is 11.8 Å². The standard InChI is InChI=1S/C17H21N5OS/c1-11(2)18-17(24)21-16-19-14(8-15(20-16)23-3)22-9-12-6-4-5-7-13(12)10-22/h4-8,11H,9-10H2,1-3H3,(H2,18,19,20,21,24). The highest BCUT2D eigenvalue weighted by molar-refractivity contribution is 7.80. The van der Waals surface area contributed by atoms with Crippen LogP contribution in [0.2, 0.25) is 0 Å². The van der Waals surface area contributed by atoms with Crippen molar-refractivity contribution in [2.24, 2.45) is 0 Å². The molecular weight excluding hydrogens is 322 g/mol. The van der Waals surface area contributed by atoms with E-state index in [2.05, 4.69) is 49.8 Å². The van der Waals surface area contributed by atoms with Crippen molar-refractivity contribution >= 4 is 29.1 Å². The molecule has 1 aromatic heterocycles. The molecule has 0 unspecified atom stereocenters. The van der Waals surface area contributed by atoms with Crippen molar-refractivity contribution in [3.05, 3.63) is 41.5 Å². The van der Waals surface area contributed by atoms with Crippen LogP contribution in [0.5, 0.6) is 5.88 Å². The SMILES string of the molecule is COc1cc(N2Cc3ccccc3C2)nc(NC(=S)NC(C)C)n1. The van der Waals surface area contributed by atoms with E-state index < -0.39 is 0 Å². The van der Waals surface area contributed by atoms with E-state index in [4.69, 9.17) is 17.0 Å². The molecule has 0 amide bonds. The Labute approximate surface area is 147 Å². The molecule has 6 nitrogen and oxygen atoms in total. The van der Waals surface area contributed by atoms with E-state index in [-0.39, 0.29) is 6.04 Å². The minimum Gasteiger partial charge on any atom is -0.481 e. The van der Waals surface area contributed by atoms with E-state index in [9.17, 15) is 0 Å². The molecule has 2 aromatic rings. The van der Waals surface area contributed by atoms with Crippen molar-refractivity contribution in [3.8, 4) is 5.88 Å². The van der Waals surface area contributed by atoms with Gasteiger partial charge in [0.25, 0.3) is 0 Å². The zero-order valence-electron chi connectivity index (χ0n) is 14.0. The van der Waals surface area contributed by atoms with Gasteiger partial charge in [-0.3, -0.25) is 0 Å². The Bertz CT molecular complexity index is 725. The second-order valence-electron chi connectivity index (χ2n) is 5.97. The fraction of sp³-hybridized carbons (Fsp3) is 0.353. The summed E-state index contributed by atoms with van der Waals surface area (Å²) in [4.78, 5) is 11.1. The summed E-state index contributed by atoms with van der Waals surface area (Å²) in [6.07, 6.45) is 0. The Hall–Kier alpha value is -2.41. The molecule has 0 bridgehead atoms. The quantitative estimate of drug-likeness (QED) is 0.828. The first-order chi connectivity index (χ1) is 11.5. The third-order valence-electron chi connectivity index (χ3n) is 3.71. The van der Waals surface area contributed by atoms with Crippen LogP contribution in [0.3, 0.4) is 0 Å². The van der Waals surface area contributed by atoms with Gasteiger partial charge in [-0.1, -0.05) is 24.3 Å². The summed E-state index contributed by atoms with van der Waals surface area (Å²) in [7, 11) is 1.60. The van der Waals surface area contributed by atoms with Gasteiger partial charge in [0.15, 0.2) is 5.11 Å². The number of ether oxygens (including phenoxy) is 1. The molecule has 1 aromatic carbocycles. The van der Waals surface area contributed by atoms with Crippen LogP contribution >= 0.6 is 12.2 Å². The summed E-state index contributed by atoms with van der Waals surface area (Å²) in [6.45, 7) is 5.69. The highest BCUT2D eigenvalue weighted by Gasteiger charge is 2.21. The molecule has 7 heteroatoms. The van der Waals surface area contributed by atoms with Crippen LogP contribution in [0.4, 0.5) is 11.8 Å². The van der Waals surface area contributed by atoms with Crippen LogP contribution in [-0.4, -0.2) is 28.2 Å². The Kier molecular flexibility index (Phi) is 4.80. The van der Waals surface area contributed by atoms with Crippen LogP contribution in [0.1, 0.15) is 25.0 Å². The van der Waals surface area contributed by atoms with Gasteiger partial charge in [0.1, 0.15) is 5.82 Å². The van der Waals surface area contributed by atoms with Gasteiger partial charge in [-0.25, -0.2) is 0 Å². The molecule has 0 aliphatic carbocycles. The Morgan fingerprint density at radius 3 is 2.46 bits per heavy atom. The van der Waals surface area contributed by atoms with Crippen molar-refractivity contribution in [1.82, 2.24) is 15.3 Å². The number of rotatable bonds is 4. The van der Waals surface area contributed by atoms with Crippen molar-refractivity contribution in [1.29, 1.82) is 0 Å². The van der Waals surface area contributed by atoms with Gasteiger partial charge in [-0.05, 0) is 37.2 Å². The molecule has 0 fully saturated rings. The Balaban J connectivity index is 1.81. The summed E-state index contributed by atoms with van der Waals surface area (Å²) in [5.74, 6) is 1.75. The molecule has 1 aliphatic rings. The fourth-order valence-corrected chi connectivity index (χ4v) is 2.96. The summed E-state index contributed by atoms with van der Waals surface area (Å²) in [5, 5.41) is 6.64. The van der Waals surface area contributed by atoms with Crippen LogP contribution in [-0.2, 0) is 13.1 Å². The van der Waals surface area contributed by atoms with Crippen molar-refractivity contribution < 1.29 is 4.74 Å². The molecule has 0 radical (unpaired) electrons. The second-order valence-corrected chi connectivity index (χ2v) is 6.38. The van der Waals surface area contributed by atoms with Crippen LogP contribution in [0.25, 0.3) is 0 Å². The lowest BCUT2D eigenvalue weighted by atomic mass is 10.1. The molecule has 0 saturated carbocycles. The number of hydrogen-bond donors (Lipinski definition) is 2. The van der Waals surface area contributed by atoms with Gasteiger partial charge < -0.3 is 20.3 Å². The third-order valence-corrected chi connectivity index (χ3v) is 3.93. The molecule has 3 rings (SSSR count). The van der Waals surface area contributed by atoms with Crippen molar-refractivity contribution in [2.45, 2.75) is 33.0 Å². The number of methoxy groups -OCH3 is 1. The summed E-state index contributed by atoms with van der Waals surface area (Å²) in [5.41, 5.74) is 2.64. The molecule has 0 saturated heterocycles. The van der Waals surface area contributed by atoms with E-state index in [1.165, 1.54) is 11.1 Å². The smallest absolute Gasteiger partial charge is 0.234 e. The number of nitrogens with zero attached hydrogens (tertiary/aromatic N) is 3. The highest BCUT2D eigenvalue weighted by atomic mass is 32.1. The summed E-state index contributed by atoms with van der Waals surface area (Å²) in [6, 6.07) is 10.5. The molecule has 126 valence electrons. The Morgan fingerprint density at radius 2 is 1.88 bits per heavy atom. The maximum Gasteiger partial charge on any atom is 0.234 e. The van der Waals surface area contributed by atoms with E-state index >= 15 is 0 Å². The first-order valence-corrected chi connectivity index (χ1v) is 8.28. The van der Waals surface area contributed by atoms with Gasteiger partial charge >= 0.3 is 0 Å². The van der Waals surface area contributed by atoms with Crippen LogP contribution in [0.15, 0.2) is 30.3 Å². The predicted octanol–water partition coefficient (Wildman–Crippen LogP) is 2.70. The number of nitrogens with one attached hydrogen (secondary N) is 2. The first-order valence-electron chi connectivity index (χ1n) is 7.87. The molecule has 0 atom stereocenters. The maximum absolute atomic E-state index is 5.31. The van der Waals surface area contributed by atoms with E-state index in [1.807, 2.05) is 19.9 Å². The summed E-state index contributed by atoms with van der Waals surface area (Å²) >= 11 is 5.27. The fourth-order valence-electron chi connectivity index (χ4n) is 2.63. The number of hydrogen-bond acceptors (Lipinski definition) is 5. The van der Waals surface area contributed by atoms with Crippen LogP contribution in [0, 0.1) is 0 Å². The van der Waals surface area contributed by atoms with Crippen molar-refractivity contribution in [3.63, 3.8) is 0 Å². The van der Waals surface area contributed by atoms with Gasteiger partial charge in [0.05, 0.1) is 7.11 Å². The normalized spacial score (nSPS) is 12.9. The average Bonchev–Trinajstić information content (AvgIpc) is 2.97. The summed E-state index contributed by atoms with van der Waals surface area (Å²) < 4.78 is 5.31. The monoisotopic (exact) mass is 343 g/mol. The van der Waals surface area contributed by atoms with Gasteiger partial charge in [-0.15, -0.1) is 0 Å². The largest absolute Gasteiger partial charge is 0.481 e. The second kappa shape index (κ2) is 7.00. The molecule has 2 heterocycles. The lowest BCUT2D eigenvalue weighted by molar-refractivity contribution is 0.397. The van der Waals surface area contributed by atoms with Gasteiger partial charge in [-0.2, -0.15) is 9.97 Å². The lowest BCUT2D eigenvalue weighted by Crippen LogP contribution is -2.34. The van der Waals surface area contributed by atoms with Crippen molar-refractivity contribution in [2.75, 3.05) is 17.3 Å². The minimum atomic E-state index is 0.239. The zero-order chi connectivity index (χ0) is 17.1.